The largest absolute Gasteiger partial charge is 0.274 e. The molecule has 22 heavy (non-hydrogen) atoms. The van der Waals surface area contributed by atoms with Crippen LogP contribution in [0.15, 0.2) is 16.9 Å². The molecule has 0 aliphatic heterocycles. The van der Waals surface area contributed by atoms with Crippen molar-refractivity contribution >= 4 is 20.6 Å². The smallest absolute Gasteiger partial charge is 0.267 e. The van der Waals surface area contributed by atoms with Crippen LogP contribution in [0.4, 0.5) is 4.39 Å². The Hall–Kier alpha value is -1.76. The van der Waals surface area contributed by atoms with Gasteiger partial charge in [0.1, 0.15) is 5.82 Å². The molecule has 1 aromatic carbocycles. The zero-order valence-corrected chi connectivity index (χ0v) is 13.5. The van der Waals surface area contributed by atoms with Crippen molar-refractivity contribution in [1.29, 1.82) is 0 Å². The van der Waals surface area contributed by atoms with Gasteiger partial charge in [-0.3, -0.25) is 4.79 Å². The zero-order valence-electron chi connectivity index (χ0n) is 12.7. The Kier molecular flexibility index (Phi) is 3.18. The minimum atomic E-state index is -3.36. The molecule has 0 atom stereocenters. The number of sulfone groups is 1. The molecule has 118 valence electrons. The van der Waals surface area contributed by atoms with Crippen LogP contribution >= 0.6 is 0 Å². The van der Waals surface area contributed by atoms with Crippen LogP contribution in [0.1, 0.15) is 25.1 Å². The third-order valence-electron chi connectivity index (χ3n) is 4.35. The van der Waals surface area contributed by atoms with Crippen LogP contribution in [-0.2, 0) is 29.2 Å². The van der Waals surface area contributed by atoms with Crippen molar-refractivity contribution in [3.05, 3.63) is 39.6 Å². The molecule has 0 bridgehead atoms. The predicted octanol–water partition coefficient (Wildman–Crippen LogP) is 1.46. The summed E-state index contributed by atoms with van der Waals surface area (Å²) in [5, 5.41) is 5.32. The molecule has 0 spiro atoms. The standard InChI is InChI=1S/C15H17FN2O3S/c1-15(2,22(3,20)21)8-18-14(19)11-7-10(16)6-9-4-5-12(17-18)13(9)11/h6-7H,4-5,8H2,1-3H3. The van der Waals surface area contributed by atoms with Gasteiger partial charge in [-0.1, -0.05) is 0 Å². The van der Waals surface area contributed by atoms with E-state index in [1.807, 2.05) is 0 Å². The SMILES string of the molecule is CC(C)(Cn1nc2c3c(cc(F)cc3c1=O)CC2)S(C)(=O)=O. The van der Waals surface area contributed by atoms with Gasteiger partial charge in [0.2, 0.25) is 0 Å². The highest BCUT2D eigenvalue weighted by Crippen LogP contribution is 2.28. The van der Waals surface area contributed by atoms with E-state index < -0.39 is 26.0 Å². The number of hydrogen-bond acceptors (Lipinski definition) is 4. The van der Waals surface area contributed by atoms with E-state index in [1.54, 1.807) is 13.8 Å². The maximum Gasteiger partial charge on any atom is 0.274 e. The van der Waals surface area contributed by atoms with E-state index in [1.165, 1.54) is 12.1 Å². The number of nitrogens with zero attached hydrogens (tertiary/aromatic N) is 2. The van der Waals surface area contributed by atoms with Crippen molar-refractivity contribution in [3.63, 3.8) is 0 Å². The van der Waals surface area contributed by atoms with Crippen LogP contribution in [0.2, 0.25) is 0 Å². The maximum absolute atomic E-state index is 13.7. The summed E-state index contributed by atoms with van der Waals surface area (Å²) in [5.74, 6) is -0.451. The molecule has 1 aromatic heterocycles. The van der Waals surface area contributed by atoms with E-state index in [2.05, 4.69) is 5.10 Å². The molecular formula is C15H17FN2O3S. The molecule has 0 radical (unpaired) electrons. The van der Waals surface area contributed by atoms with Gasteiger partial charge in [-0.2, -0.15) is 5.10 Å². The molecule has 1 aliphatic carbocycles. The summed E-state index contributed by atoms with van der Waals surface area (Å²) in [6.07, 6.45) is 2.42. The molecule has 1 aliphatic rings. The first-order chi connectivity index (χ1) is 10.1. The highest BCUT2D eigenvalue weighted by molar-refractivity contribution is 7.92. The highest BCUT2D eigenvalue weighted by Gasteiger charge is 2.32. The Balaban J connectivity index is 2.23. The van der Waals surface area contributed by atoms with Crippen molar-refractivity contribution in [3.8, 4) is 0 Å². The lowest BCUT2D eigenvalue weighted by molar-refractivity contribution is 0.461. The summed E-state index contributed by atoms with van der Waals surface area (Å²) >= 11 is 0. The van der Waals surface area contributed by atoms with Gasteiger partial charge in [0, 0.05) is 11.6 Å². The van der Waals surface area contributed by atoms with Crippen LogP contribution in [0.3, 0.4) is 0 Å². The maximum atomic E-state index is 13.7. The van der Waals surface area contributed by atoms with E-state index in [-0.39, 0.29) is 11.9 Å². The van der Waals surface area contributed by atoms with Gasteiger partial charge >= 0.3 is 0 Å². The fraction of sp³-hybridized carbons (Fsp3) is 0.467. The Bertz CT molecular complexity index is 945. The van der Waals surface area contributed by atoms with E-state index in [0.29, 0.717) is 12.8 Å². The van der Waals surface area contributed by atoms with Gasteiger partial charge in [0.25, 0.3) is 5.56 Å². The fourth-order valence-corrected chi connectivity index (χ4v) is 3.12. The second kappa shape index (κ2) is 4.62. The second-order valence-electron chi connectivity index (χ2n) is 6.43. The number of benzene rings is 1. The van der Waals surface area contributed by atoms with Crippen LogP contribution in [-0.4, -0.2) is 29.2 Å². The summed E-state index contributed by atoms with van der Waals surface area (Å²) in [4.78, 5) is 12.6. The first-order valence-corrected chi connectivity index (χ1v) is 8.91. The van der Waals surface area contributed by atoms with E-state index in [9.17, 15) is 17.6 Å². The van der Waals surface area contributed by atoms with Crippen LogP contribution in [0.5, 0.6) is 0 Å². The summed E-state index contributed by atoms with van der Waals surface area (Å²) in [5.41, 5.74) is 1.08. The van der Waals surface area contributed by atoms with Crippen molar-refractivity contribution in [2.24, 2.45) is 0 Å². The zero-order chi connectivity index (χ0) is 16.3. The van der Waals surface area contributed by atoms with Crippen molar-refractivity contribution in [2.75, 3.05) is 6.26 Å². The third-order valence-corrected chi connectivity index (χ3v) is 6.48. The summed E-state index contributed by atoms with van der Waals surface area (Å²) in [6.45, 7) is 3.05. The Morgan fingerprint density at radius 2 is 2.00 bits per heavy atom. The lowest BCUT2D eigenvalue weighted by atomic mass is 10.1. The van der Waals surface area contributed by atoms with Crippen molar-refractivity contribution < 1.29 is 12.8 Å². The summed E-state index contributed by atoms with van der Waals surface area (Å²) < 4.78 is 37.4. The molecule has 0 N–H and O–H groups in total. The van der Waals surface area contributed by atoms with E-state index in [4.69, 9.17) is 0 Å². The average molecular weight is 324 g/mol. The van der Waals surface area contributed by atoms with E-state index >= 15 is 0 Å². The minimum Gasteiger partial charge on any atom is -0.267 e. The van der Waals surface area contributed by atoms with Crippen LogP contribution in [0.25, 0.3) is 10.8 Å². The Morgan fingerprint density at radius 3 is 2.64 bits per heavy atom. The molecule has 2 aromatic rings. The molecule has 0 amide bonds. The molecule has 5 nitrogen and oxygen atoms in total. The predicted molar refractivity (Wildman–Crippen MR) is 82.3 cm³/mol. The lowest BCUT2D eigenvalue weighted by Crippen LogP contribution is -2.40. The third kappa shape index (κ3) is 2.24. The number of aromatic nitrogens is 2. The second-order valence-corrected chi connectivity index (χ2v) is 9.08. The summed E-state index contributed by atoms with van der Waals surface area (Å²) in [6, 6.07) is 2.65. The Morgan fingerprint density at radius 1 is 1.32 bits per heavy atom. The number of hydrogen-bond donors (Lipinski definition) is 0. The topological polar surface area (TPSA) is 69.0 Å². The van der Waals surface area contributed by atoms with Crippen LogP contribution in [0, 0.1) is 5.82 Å². The summed E-state index contributed by atoms with van der Waals surface area (Å²) in [7, 11) is -3.36. The Labute approximate surface area is 127 Å². The minimum absolute atomic E-state index is 0.0561. The normalized spacial score (nSPS) is 14.7. The highest BCUT2D eigenvalue weighted by atomic mass is 32.2. The van der Waals surface area contributed by atoms with Crippen molar-refractivity contribution in [1.82, 2.24) is 9.78 Å². The number of halogens is 1. The molecule has 0 fully saturated rings. The van der Waals surface area contributed by atoms with Gasteiger partial charge in [0.15, 0.2) is 9.84 Å². The quantitative estimate of drug-likeness (QED) is 0.857. The number of aryl methyl sites for hydroxylation is 2. The first-order valence-electron chi connectivity index (χ1n) is 7.02. The van der Waals surface area contributed by atoms with E-state index in [0.717, 1.165) is 27.6 Å². The number of rotatable bonds is 3. The van der Waals surface area contributed by atoms with Crippen LogP contribution < -0.4 is 5.56 Å². The monoisotopic (exact) mass is 324 g/mol. The molecule has 1 heterocycles. The molecule has 7 heteroatoms. The lowest BCUT2D eigenvalue weighted by Gasteiger charge is -2.23. The van der Waals surface area contributed by atoms with Gasteiger partial charge in [0.05, 0.1) is 22.4 Å². The van der Waals surface area contributed by atoms with Gasteiger partial charge in [-0.25, -0.2) is 17.5 Å². The first kappa shape index (κ1) is 15.1. The molecular weight excluding hydrogens is 307 g/mol. The molecule has 0 unspecified atom stereocenters. The molecule has 0 saturated carbocycles. The van der Waals surface area contributed by atoms with Gasteiger partial charge < -0.3 is 0 Å². The average Bonchev–Trinajstić information content (AvgIpc) is 2.77. The van der Waals surface area contributed by atoms with Crippen molar-refractivity contribution in [2.45, 2.75) is 38.0 Å². The molecule has 0 saturated heterocycles. The van der Waals surface area contributed by atoms with Gasteiger partial charge in [-0.05, 0) is 44.4 Å². The van der Waals surface area contributed by atoms with Gasteiger partial charge in [-0.15, -0.1) is 0 Å². The molecule has 3 rings (SSSR count). The fourth-order valence-electron chi connectivity index (χ4n) is 2.76.